The van der Waals surface area contributed by atoms with E-state index in [0.29, 0.717) is 17.1 Å². The fourth-order valence-electron chi connectivity index (χ4n) is 2.28. The van der Waals surface area contributed by atoms with Crippen LogP contribution in [0.25, 0.3) is 6.08 Å². The summed E-state index contributed by atoms with van der Waals surface area (Å²) in [6.45, 7) is 1.43. The third-order valence-corrected chi connectivity index (χ3v) is 3.77. The van der Waals surface area contributed by atoms with Crippen molar-refractivity contribution in [3.8, 4) is 17.6 Å². The number of ketones is 1. The van der Waals surface area contributed by atoms with Crippen LogP contribution in [0.4, 0.5) is 0 Å². The van der Waals surface area contributed by atoms with Crippen molar-refractivity contribution in [1.82, 2.24) is 0 Å². The predicted octanol–water partition coefficient (Wildman–Crippen LogP) is 3.35. The molecular weight excluding hydrogens is 346 g/mol. The Bertz CT molecular complexity index is 907. The molecule has 6 heteroatoms. The van der Waals surface area contributed by atoms with E-state index in [1.54, 1.807) is 30.3 Å². The number of rotatable bonds is 7. The second kappa shape index (κ2) is 9.20. The zero-order chi connectivity index (χ0) is 19.8. The Labute approximate surface area is 157 Å². The lowest BCUT2D eigenvalue weighted by atomic mass is 10.1. The van der Waals surface area contributed by atoms with Crippen LogP contribution in [0.15, 0.2) is 48.0 Å². The highest BCUT2D eigenvalue weighted by Crippen LogP contribution is 2.25. The van der Waals surface area contributed by atoms with Crippen LogP contribution in [0.5, 0.6) is 11.5 Å². The van der Waals surface area contributed by atoms with Gasteiger partial charge >= 0.3 is 5.97 Å². The molecule has 2 aromatic rings. The third kappa shape index (κ3) is 5.19. The smallest absolute Gasteiger partial charge is 0.349 e. The van der Waals surface area contributed by atoms with Gasteiger partial charge in [0.15, 0.2) is 6.61 Å². The van der Waals surface area contributed by atoms with E-state index in [4.69, 9.17) is 14.2 Å². The van der Waals surface area contributed by atoms with Crippen molar-refractivity contribution in [3.05, 3.63) is 64.7 Å². The minimum Gasteiger partial charge on any atom is -0.497 e. The molecule has 2 aromatic carbocycles. The molecule has 0 aliphatic carbocycles. The summed E-state index contributed by atoms with van der Waals surface area (Å²) in [5.74, 6) is -0.464. The van der Waals surface area contributed by atoms with Crippen LogP contribution in [0.3, 0.4) is 0 Å². The lowest BCUT2D eigenvalue weighted by Gasteiger charge is -2.10. The topological polar surface area (TPSA) is 85.6 Å². The Balaban J connectivity index is 2.08. The van der Waals surface area contributed by atoms with E-state index in [-0.39, 0.29) is 11.1 Å². The molecule has 0 saturated carbocycles. The Morgan fingerprint density at radius 3 is 2.37 bits per heavy atom. The largest absolute Gasteiger partial charge is 0.497 e. The maximum absolute atomic E-state index is 12.3. The van der Waals surface area contributed by atoms with Gasteiger partial charge in [-0.25, -0.2) is 4.79 Å². The lowest BCUT2D eigenvalue weighted by Crippen LogP contribution is -2.16. The van der Waals surface area contributed by atoms with Crippen LogP contribution in [-0.2, 0) is 9.53 Å². The number of esters is 1. The summed E-state index contributed by atoms with van der Waals surface area (Å²) in [6.07, 6.45) is 1.42. The molecule has 27 heavy (non-hydrogen) atoms. The summed E-state index contributed by atoms with van der Waals surface area (Å²) >= 11 is 0. The summed E-state index contributed by atoms with van der Waals surface area (Å²) in [7, 11) is 2.93. The average Bonchev–Trinajstić information content (AvgIpc) is 2.70. The summed E-state index contributed by atoms with van der Waals surface area (Å²) in [6, 6.07) is 13.8. The summed E-state index contributed by atoms with van der Waals surface area (Å²) in [5.41, 5.74) is 1.82. The number of aryl methyl sites for hydroxylation is 1. The quantitative estimate of drug-likeness (QED) is 0.324. The lowest BCUT2D eigenvalue weighted by molar-refractivity contribution is -0.137. The monoisotopic (exact) mass is 365 g/mol. The van der Waals surface area contributed by atoms with Crippen molar-refractivity contribution in [2.75, 3.05) is 20.8 Å². The zero-order valence-electron chi connectivity index (χ0n) is 15.3. The Morgan fingerprint density at radius 1 is 1.07 bits per heavy atom. The number of nitrogens with zero attached hydrogens (tertiary/aromatic N) is 1. The van der Waals surface area contributed by atoms with Crippen LogP contribution >= 0.6 is 0 Å². The molecule has 0 N–H and O–H groups in total. The number of carbonyl (C=O) groups is 2. The molecular formula is C21H19NO5. The van der Waals surface area contributed by atoms with Gasteiger partial charge in [0.25, 0.3) is 0 Å². The number of Topliss-reactive ketones (excluding diaryl/α,β-unsaturated/α-hetero) is 1. The Hall–Kier alpha value is -3.59. The van der Waals surface area contributed by atoms with Crippen molar-refractivity contribution >= 4 is 17.8 Å². The zero-order valence-corrected chi connectivity index (χ0v) is 15.3. The molecule has 0 heterocycles. The van der Waals surface area contributed by atoms with Gasteiger partial charge in [-0.05, 0) is 30.7 Å². The second-order valence-electron chi connectivity index (χ2n) is 5.65. The summed E-state index contributed by atoms with van der Waals surface area (Å²) in [5, 5.41) is 9.20. The van der Waals surface area contributed by atoms with Crippen LogP contribution in [0.2, 0.25) is 0 Å². The highest BCUT2D eigenvalue weighted by Gasteiger charge is 2.17. The second-order valence-corrected chi connectivity index (χ2v) is 5.65. The van der Waals surface area contributed by atoms with Gasteiger partial charge in [0.1, 0.15) is 23.1 Å². The van der Waals surface area contributed by atoms with Crippen molar-refractivity contribution in [3.63, 3.8) is 0 Å². The number of carbonyl (C=O) groups excluding carboxylic acids is 2. The van der Waals surface area contributed by atoms with Crippen LogP contribution in [0.1, 0.15) is 21.5 Å². The molecule has 2 rings (SSSR count). The molecule has 0 radical (unpaired) electrons. The molecule has 0 aromatic heterocycles. The van der Waals surface area contributed by atoms with Crippen LogP contribution < -0.4 is 9.47 Å². The number of nitriles is 1. The van der Waals surface area contributed by atoms with Gasteiger partial charge < -0.3 is 14.2 Å². The van der Waals surface area contributed by atoms with E-state index in [9.17, 15) is 14.9 Å². The number of hydrogen-bond donors (Lipinski definition) is 0. The standard InChI is InChI=1S/C21H19NO5/c1-14-4-6-15(7-5-14)10-16(12-22)21(24)27-13-19(23)18-9-8-17(25-2)11-20(18)26-3/h4-11H,13H2,1-3H3/b16-10+. The van der Waals surface area contributed by atoms with Gasteiger partial charge in [0.2, 0.25) is 5.78 Å². The first-order chi connectivity index (χ1) is 13.0. The van der Waals surface area contributed by atoms with Gasteiger partial charge in [-0.3, -0.25) is 4.79 Å². The SMILES string of the molecule is COc1ccc(C(=O)COC(=O)/C(C#N)=C/c2ccc(C)cc2)c(OC)c1. The Kier molecular flexibility index (Phi) is 6.73. The normalized spacial score (nSPS) is 10.7. The van der Waals surface area contributed by atoms with E-state index >= 15 is 0 Å². The minimum absolute atomic E-state index is 0.187. The predicted molar refractivity (Wildman–Crippen MR) is 99.6 cm³/mol. The summed E-state index contributed by atoms with van der Waals surface area (Å²) < 4.78 is 15.2. The third-order valence-electron chi connectivity index (χ3n) is 3.77. The number of benzene rings is 2. The molecule has 6 nitrogen and oxygen atoms in total. The number of ether oxygens (including phenoxy) is 3. The van der Waals surface area contributed by atoms with Gasteiger partial charge in [-0.15, -0.1) is 0 Å². The van der Waals surface area contributed by atoms with Gasteiger partial charge in [-0.1, -0.05) is 29.8 Å². The first-order valence-electron chi connectivity index (χ1n) is 8.09. The molecule has 0 amide bonds. The molecule has 0 bridgehead atoms. The first kappa shape index (κ1) is 19.7. The first-order valence-corrected chi connectivity index (χ1v) is 8.09. The average molecular weight is 365 g/mol. The van der Waals surface area contributed by atoms with E-state index in [1.165, 1.54) is 26.4 Å². The number of hydrogen-bond acceptors (Lipinski definition) is 6. The molecule has 138 valence electrons. The maximum atomic E-state index is 12.3. The minimum atomic E-state index is -0.862. The fourth-order valence-corrected chi connectivity index (χ4v) is 2.28. The molecule has 0 atom stereocenters. The highest BCUT2D eigenvalue weighted by atomic mass is 16.5. The number of methoxy groups -OCH3 is 2. The van der Waals surface area contributed by atoms with Gasteiger partial charge in [0, 0.05) is 6.07 Å². The van der Waals surface area contributed by atoms with Crippen LogP contribution in [-0.4, -0.2) is 32.6 Å². The fraction of sp³-hybridized carbons (Fsp3) is 0.190. The molecule has 0 spiro atoms. The van der Waals surface area contributed by atoms with Gasteiger partial charge in [0.05, 0.1) is 19.8 Å². The molecule has 0 aliphatic heterocycles. The van der Waals surface area contributed by atoms with E-state index in [2.05, 4.69) is 0 Å². The van der Waals surface area contributed by atoms with Crippen LogP contribution in [0, 0.1) is 18.3 Å². The van der Waals surface area contributed by atoms with Gasteiger partial charge in [-0.2, -0.15) is 5.26 Å². The molecule has 0 unspecified atom stereocenters. The molecule has 0 saturated heterocycles. The van der Waals surface area contributed by atoms with E-state index in [1.807, 2.05) is 19.1 Å². The van der Waals surface area contributed by atoms with Crippen molar-refractivity contribution in [2.24, 2.45) is 0 Å². The van der Waals surface area contributed by atoms with Crippen molar-refractivity contribution in [2.45, 2.75) is 6.92 Å². The van der Waals surface area contributed by atoms with E-state index < -0.39 is 18.4 Å². The van der Waals surface area contributed by atoms with Crippen molar-refractivity contribution < 1.29 is 23.8 Å². The Morgan fingerprint density at radius 2 is 1.78 bits per heavy atom. The van der Waals surface area contributed by atoms with E-state index in [0.717, 1.165) is 5.56 Å². The molecule has 0 aliphatic rings. The van der Waals surface area contributed by atoms with Crippen molar-refractivity contribution in [1.29, 1.82) is 5.26 Å². The maximum Gasteiger partial charge on any atom is 0.349 e. The molecule has 0 fully saturated rings. The highest BCUT2D eigenvalue weighted by molar-refractivity contribution is 6.03. The summed E-state index contributed by atoms with van der Waals surface area (Å²) in [4.78, 5) is 24.5.